The molecule has 90 valence electrons. The van der Waals surface area contributed by atoms with Crippen molar-refractivity contribution in [2.75, 3.05) is 13.1 Å². The Bertz CT molecular complexity index is 169. The van der Waals surface area contributed by atoms with Crippen LogP contribution in [0.2, 0.25) is 0 Å². The van der Waals surface area contributed by atoms with Gasteiger partial charge in [0.1, 0.15) is 5.67 Å². The molecule has 0 aromatic rings. The van der Waals surface area contributed by atoms with E-state index in [2.05, 4.69) is 19.2 Å². The van der Waals surface area contributed by atoms with E-state index in [0.717, 1.165) is 45.2 Å². The first-order valence-corrected chi connectivity index (χ1v) is 6.49. The van der Waals surface area contributed by atoms with E-state index in [0.29, 0.717) is 5.92 Å². The molecule has 1 aliphatic heterocycles. The van der Waals surface area contributed by atoms with Gasteiger partial charge in [0.2, 0.25) is 0 Å². The predicted molar refractivity (Wildman–Crippen MR) is 63.8 cm³/mol. The molecule has 0 saturated carbocycles. The van der Waals surface area contributed by atoms with Crippen LogP contribution in [-0.2, 0) is 0 Å². The standard InChI is InChI=1S/C13H26FN/c1-4-11(5-2)9-13(3,14)12-7-6-8-15-10-12/h11-12,15H,4-10H2,1-3H3. The van der Waals surface area contributed by atoms with Gasteiger partial charge in [-0.1, -0.05) is 26.7 Å². The Balaban J connectivity index is 2.47. The normalized spacial score (nSPS) is 26.6. The summed E-state index contributed by atoms with van der Waals surface area (Å²) in [5, 5.41) is 3.31. The molecule has 1 aliphatic rings. The molecule has 0 bridgehead atoms. The first kappa shape index (κ1) is 13.0. The Morgan fingerprint density at radius 2 is 2.07 bits per heavy atom. The molecule has 1 N–H and O–H groups in total. The van der Waals surface area contributed by atoms with Crippen molar-refractivity contribution >= 4 is 0 Å². The maximum atomic E-state index is 14.6. The number of piperidine rings is 1. The molecular formula is C13H26FN. The van der Waals surface area contributed by atoms with Crippen LogP contribution in [0.3, 0.4) is 0 Å². The van der Waals surface area contributed by atoms with Crippen molar-refractivity contribution in [2.45, 2.75) is 58.5 Å². The maximum Gasteiger partial charge on any atom is 0.112 e. The van der Waals surface area contributed by atoms with Gasteiger partial charge in [-0.3, -0.25) is 0 Å². The molecule has 0 aromatic carbocycles. The van der Waals surface area contributed by atoms with Crippen molar-refractivity contribution in [3.05, 3.63) is 0 Å². The van der Waals surface area contributed by atoms with E-state index in [-0.39, 0.29) is 5.92 Å². The number of halogens is 1. The van der Waals surface area contributed by atoms with Crippen molar-refractivity contribution in [2.24, 2.45) is 11.8 Å². The SMILES string of the molecule is CCC(CC)CC(C)(F)C1CCCNC1. The molecule has 2 atom stereocenters. The summed E-state index contributed by atoms with van der Waals surface area (Å²) in [6, 6.07) is 0. The van der Waals surface area contributed by atoms with Gasteiger partial charge in [-0.25, -0.2) is 4.39 Å². The first-order chi connectivity index (χ1) is 7.10. The molecule has 2 unspecified atom stereocenters. The summed E-state index contributed by atoms with van der Waals surface area (Å²) in [6.07, 6.45) is 5.14. The highest BCUT2D eigenvalue weighted by atomic mass is 19.1. The Morgan fingerprint density at radius 3 is 2.53 bits per heavy atom. The van der Waals surface area contributed by atoms with E-state index in [1.807, 2.05) is 6.92 Å². The second-order valence-corrected chi connectivity index (χ2v) is 5.21. The van der Waals surface area contributed by atoms with Crippen LogP contribution < -0.4 is 5.32 Å². The van der Waals surface area contributed by atoms with E-state index >= 15 is 0 Å². The summed E-state index contributed by atoms with van der Waals surface area (Å²) >= 11 is 0. The van der Waals surface area contributed by atoms with Crippen LogP contribution in [0.25, 0.3) is 0 Å². The number of rotatable bonds is 5. The number of hydrogen-bond acceptors (Lipinski definition) is 1. The molecule has 15 heavy (non-hydrogen) atoms. The fourth-order valence-electron chi connectivity index (χ4n) is 2.67. The summed E-state index contributed by atoms with van der Waals surface area (Å²) in [5.41, 5.74) is -0.968. The molecule has 1 saturated heterocycles. The van der Waals surface area contributed by atoms with Crippen molar-refractivity contribution in [3.63, 3.8) is 0 Å². The summed E-state index contributed by atoms with van der Waals surface area (Å²) in [7, 11) is 0. The van der Waals surface area contributed by atoms with E-state index in [1.165, 1.54) is 0 Å². The van der Waals surface area contributed by atoms with Gasteiger partial charge in [0.25, 0.3) is 0 Å². The van der Waals surface area contributed by atoms with Crippen LogP contribution >= 0.6 is 0 Å². The number of nitrogens with one attached hydrogen (secondary N) is 1. The highest BCUT2D eigenvalue weighted by molar-refractivity contribution is 4.88. The average molecular weight is 215 g/mol. The van der Waals surface area contributed by atoms with Crippen molar-refractivity contribution < 1.29 is 4.39 Å². The fraction of sp³-hybridized carbons (Fsp3) is 1.00. The van der Waals surface area contributed by atoms with Crippen molar-refractivity contribution in [1.82, 2.24) is 5.32 Å². The van der Waals surface area contributed by atoms with Gasteiger partial charge < -0.3 is 5.32 Å². The Labute approximate surface area is 93.8 Å². The molecule has 0 spiro atoms. The number of hydrogen-bond donors (Lipinski definition) is 1. The van der Waals surface area contributed by atoms with E-state index in [9.17, 15) is 4.39 Å². The summed E-state index contributed by atoms with van der Waals surface area (Å²) in [4.78, 5) is 0. The highest BCUT2D eigenvalue weighted by Crippen LogP contribution is 2.35. The van der Waals surface area contributed by atoms with Crippen molar-refractivity contribution in [3.8, 4) is 0 Å². The second kappa shape index (κ2) is 5.83. The third-order valence-electron chi connectivity index (χ3n) is 3.99. The zero-order valence-electron chi connectivity index (χ0n) is 10.5. The Hall–Kier alpha value is -0.110. The van der Waals surface area contributed by atoms with Crippen LogP contribution in [0, 0.1) is 11.8 Å². The first-order valence-electron chi connectivity index (χ1n) is 6.49. The van der Waals surface area contributed by atoms with Crippen LogP contribution in [0.4, 0.5) is 4.39 Å². The largest absolute Gasteiger partial charge is 0.316 e. The van der Waals surface area contributed by atoms with E-state index in [4.69, 9.17) is 0 Å². The molecule has 2 heteroatoms. The third-order valence-corrected chi connectivity index (χ3v) is 3.99. The lowest BCUT2D eigenvalue weighted by atomic mass is 9.78. The van der Waals surface area contributed by atoms with Gasteiger partial charge >= 0.3 is 0 Å². The van der Waals surface area contributed by atoms with Gasteiger partial charge in [0.15, 0.2) is 0 Å². The summed E-state index contributed by atoms with van der Waals surface area (Å²) in [6.45, 7) is 8.08. The maximum absolute atomic E-state index is 14.6. The quantitative estimate of drug-likeness (QED) is 0.739. The molecule has 0 amide bonds. The lowest BCUT2D eigenvalue weighted by molar-refractivity contribution is 0.0541. The van der Waals surface area contributed by atoms with Crippen LogP contribution in [0.15, 0.2) is 0 Å². The third kappa shape index (κ3) is 3.75. The van der Waals surface area contributed by atoms with Crippen LogP contribution in [0.5, 0.6) is 0 Å². The van der Waals surface area contributed by atoms with Crippen LogP contribution in [-0.4, -0.2) is 18.8 Å². The summed E-state index contributed by atoms with van der Waals surface area (Å²) < 4.78 is 14.6. The molecular weight excluding hydrogens is 189 g/mol. The van der Waals surface area contributed by atoms with Crippen molar-refractivity contribution in [1.29, 1.82) is 0 Å². The van der Waals surface area contributed by atoms with Gasteiger partial charge in [0, 0.05) is 12.5 Å². The predicted octanol–water partition coefficient (Wildman–Crippen LogP) is 3.54. The topological polar surface area (TPSA) is 12.0 Å². The minimum atomic E-state index is -0.968. The lowest BCUT2D eigenvalue weighted by Crippen LogP contribution is -2.42. The molecule has 1 nitrogen and oxygen atoms in total. The average Bonchev–Trinajstić information content (AvgIpc) is 2.27. The van der Waals surface area contributed by atoms with Gasteiger partial charge in [-0.15, -0.1) is 0 Å². The van der Waals surface area contributed by atoms with Gasteiger partial charge in [-0.2, -0.15) is 0 Å². The zero-order valence-corrected chi connectivity index (χ0v) is 10.5. The molecule has 1 rings (SSSR count). The van der Waals surface area contributed by atoms with E-state index in [1.54, 1.807) is 0 Å². The minimum Gasteiger partial charge on any atom is -0.316 e. The minimum absolute atomic E-state index is 0.229. The Kier molecular flexibility index (Phi) is 5.04. The van der Waals surface area contributed by atoms with E-state index < -0.39 is 5.67 Å². The fourth-order valence-corrected chi connectivity index (χ4v) is 2.67. The molecule has 0 radical (unpaired) electrons. The molecule has 0 aliphatic carbocycles. The zero-order chi connectivity index (χ0) is 11.3. The Morgan fingerprint density at radius 1 is 1.40 bits per heavy atom. The molecule has 1 heterocycles. The van der Waals surface area contributed by atoms with Gasteiger partial charge in [0.05, 0.1) is 0 Å². The highest BCUT2D eigenvalue weighted by Gasteiger charge is 2.36. The number of alkyl halides is 1. The summed E-state index contributed by atoms with van der Waals surface area (Å²) in [5.74, 6) is 0.786. The molecule has 1 fully saturated rings. The smallest absolute Gasteiger partial charge is 0.112 e. The lowest BCUT2D eigenvalue weighted by Gasteiger charge is -2.36. The molecule has 0 aromatic heterocycles. The second-order valence-electron chi connectivity index (χ2n) is 5.21. The monoisotopic (exact) mass is 215 g/mol. The van der Waals surface area contributed by atoms with Gasteiger partial charge in [-0.05, 0) is 38.6 Å². The van der Waals surface area contributed by atoms with Crippen LogP contribution in [0.1, 0.15) is 52.9 Å².